The number of nitrogens with zero attached hydrogens (tertiary/aromatic N) is 1. The molecule has 0 heterocycles. The van der Waals surface area contributed by atoms with Crippen LogP contribution < -0.4 is 0 Å². The van der Waals surface area contributed by atoms with Crippen LogP contribution in [0.15, 0.2) is 0 Å². The summed E-state index contributed by atoms with van der Waals surface area (Å²) in [5.41, 5.74) is 0. The number of halogens is 1. The van der Waals surface area contributed by atoms with Crippen molar-refractivity contribution in [3.63, 3.8) is 0 Å². The molecule has 82 valence electrons. The molecule has 0 aromatic heterocycles. The minimum absolute atomic E-state index is 0.243. The number of hydrogen-bond acceptors (Lipinski definition) is 1. The number of alkyl halides is 1. The average molecular weight is 224 g/mol. The molecule has 0 N–H and O–H groups in total. The predicted molar refractivity (Wildman–Crippen MR) is 60.4 cm³/mol. The maximum Gasteiger partial charge on any atom is 0.120 e. The third kappa shape index (κ3) is 1.68. The summed E-state index contributed by atoms with van der Waals surface area (Å²) in [5, 5.41) is 8.56. The van der Waals surface area contributed by atoms with Crippen molar-refractivity contribution in [1.82, 2.24) is 0 Å². The minimum Gasteiger partial charge on any atom is -0.197 e. The zero-order valence-corrected chi connectivity index (χ0v) is 9.79. The number of hydrogen-bond donors (Lipinski definition) is 0. The van der Waals surface area contributed by atoms with Gasteiger partial charge in [0.05, 0.1) is 6.07 Å². The Balaban J connectivity index is 1.72. The highest BCUT2D eigenvalue weighted by molar-refractivity contribution is 6.22. The quantitative estimate of drug-likeness (QED) is 0.657. The van der Waals surface area contributed by atoms with Crippen molar-refractivity contribution < 1.29 is 0 Å². The molecule has 4 fully saturated rings. The third-order valence-corrected chi connectivity index (χ3v) is 5.32. The molecule has 0 aliphatic heterocycles. The molecular formula is C13H18ClN. The van der Waals surface area contributed by atoms with E-state index in [0.717, 1.165) is 36.0 Å². The van der Waals surface area contributed by atoms with Crippen LogP contribution in [-0.2, 0) is 0 Å². The molecule has 1 atom stereocenters. The summed E-state index contributed by atoms with van der Waals surface area (Å²) in [6.45, 7) is 0. The van der Waals surface area contributed by atoms with Crippen LogP contribution in [-0.4, -0.2) is 5.38 Å². The van der Waals surface area contributed by atoms with Gasteiger partial charge < -0.3 is 0 Å². The van der Waals surface area contributed by atoms with Gasteiger partial charge in [-0.2, -0.15) is 5.26 Å². The molecule has 4 aliphatic carbocycles. The molecule has 0 aromatic rings. The molecule has 0 radical (unpaired) electrons. The van der Waals surface area contributed by atoms with Gasteiger partial charge in [0.25, 0.3) is 0 Å². The molecule has 1 nitrogen and oxygen atoms in total. The smallest absolute Gasteiger partial charge is 0.120 e. The van der Waals surface area contributed by atoms with Crippen LogP contribution in [0, 0.1) is 40.9 Å². The van der Waals surface area contributed by atoms with Crippen LogP contribution >= 0.6 is 11.6 Å². The topological polar surface area (TPSA) is 23.8 Å². The lowest BCUT2D eigenvalue weighted by Gasteiger charge is -2.54. The monoisotopic (exact) mass is 223 g/mol. The molecule has 0 amide bonds. The van der Waals surface area contributed by atoms with Crippen molar-refractivity contribution in [2.45, 2.75) is 43.9 Å². The third-order valence-electron chi connectivity index (χ3n) is 5.04. The normalized spacial score (nSPS) is 48.9. The Labute approximate surface area is 96.8 Å². The Hall–Kier alpha value is -0.220. The van der Waals surface area contributed by atoms with E-state index in [0.29, 0.717) is 0 Å². The Morgan fingerprint density at radius 3 is 2.07 bits per heavy atom. The van der Waals surface area contributed by atoms with Gasteiger partial charge in [0.15, 0.2) is 0 Å². The van der Waals surface area contributed by atoms with Gasteiger partial charge >= 0.3 is 0 Å². The van der Waals surface area contributed by atoms with Crippen LogP contribution in [0.3, 0.4) is 0 Å². The van der Waals surface area contributed by atoms with Crippen molar-refractivity contribution in [2.24, 2.45) is 29.6 Å². The van der Waals surface area contributed by atoms with Crippen LogP contribution in [0.1, 0.15) is 38.5 Å². The standard InChI is InChI=1S/C13H18ClN/c14-12(7-15)6-13-10-2-8-1-9(4-10)5-11(13)3-8/h8-13H,1-6H2. The first-order valence-corrected chi connectivity index (χ1v) is 6.73. The minimum atomic E-state index is -0.243. The molecule has 4 aliphatic rings. The Kier molecular flexibility index (Phi) is 2.44. The molecule has 4 rings (SSSR count). The lowest BCUT2D eigenvalue weighted by Crippen LogP contribution is -2.45. The lowest BCUT2D eigenvalue weighted by atomic mass is 9.51. The Bertz CT molecular complexity index is 265. The summed E-state index contributed by atoms with van der Waals surface area (Å²) in [4.78, 5) is 0. The fourth-order valence-electron chi connectivity index (χ4n) is 4.71. The molecule has 0 spiro atoms. The van der Waals surface area contributed by atoms with Gasteiger partial charge in [0, 0.05) is 0 Å². The fraction of sp³-hybridized carbons (Fsp3) is 0.923. The second-order valence-corrected chi connectivity index (χ2v) is 6.45. The zero-order valence-electron chi connectivity index (χ0n) is 9.03. The van der Waals surface area contributed by atoms with Crippen molar-refractivity contribution >= 4 is 11.6 Å². The highest BCUT2D eigenvalue weighted by Crippen LogP contribution is 2.57. The second kappa shape index (κ2) is 3.67. The molecule has 4 bridgehead atoms. The van der Waals surface area contributed by atoms with E-state index in [4.69, 9.17) is 16.9 Å². The van der Waals surface area contributed by atoms with Crippen molar-refractivity contribution in [2.75, 3.05) is 0 Å². The SMILES string of the molecule is N#CC(Cl)CC1C2CC3CC(C2)CC1C3. The van der Waals surface area contributed by atoms with Crippen LogP contribution in [0.2, 0.25) is 0 Å². The van der Waals surface area contributed by atoms with E-state index in [2.05, 4.69) is 6.07 Å². The van der Waals surface area contributed by atoms with Gasteiger partial charge in [-0.05, 0) is 68.1 Å². The zero-order chi connectivity index (χ0) is 10.4. The molecule has 0 saturated heterocycles. The summed E-state index contributed by atoms with van der Waals surface area (Å²) in [6, 6.07) is 2.19. The Morgan fingerprint density at radius 2 is 1.60 bits per heavy atom. The van der Waals surface area contributed by atoms with Gasteiger partial charge in [0.1, 0.15) is 5.38 Å². The van der Waals surface area contributed by atoms with E-state index in [9.17, 15) is 0 Å². The van der Waals surface area contributed by atoms with Gasteiger partial charge in [-0.15, -0.1) is 11.6 Å². The van der Waals surface area contributed by atoms with Crippen LogP contribution in [0.25, 0.3) is 0 Å². The van der Waals surface area contributed by atoms with E-state index < -0.39 is 0 Å². The van der Waals surface area contributed by atoms with E-state index >= 15 is 0 Å². The molecule has 0 aromatic carbocycles. The molecule has 4 saturated carbocycles. The van der Waals surface area contributed by atoms with Crippen molar-refractivity contribution in [3.8, 4) is 6.07 Å². The number of nitriles is 1. The van der Waals surface area contributed by atoms with Gasteiger partial charge in [0.2, 0.25) is 0 Å². The van der Waals surface area contributed by atoms with Gasteiger partial charge in [-0.25, -0.2) is 0 Å². The van der Waals surface area contributed by atoms with E-state index in [1.54, 1.807) is 0 Å². The molecule has 2 heteroatoms. The largest absolute Gasteiger partial charge is 0.197 e. The summed E-state index contributed by atoms with van der Waals surface area (Å²) in [7, 11) is 0. The average Bonchev–Trinajstić information content (AvgIpc) is 2.22. The summed E-state index contributed by atoms with van der Waals surface area (Å²) in [6.07, 6.45) is 8.20. The molecule has 15 heavy (non-hydrogen) atoms. The second-order valence-electron chi connectivity index (χ2n) is 5.93. The first-order valence-electron chi connectivity index (χ1n) is 6.30. The summed E-state index contributed by atoms with van der Waals surface area (Å²) in [5.74, 6) is 4.66. The highest BCUT2D eigenvalue weighted by atomic mass is 35.5. The van der Waals surface area contributed by atoms with Crippen molar-refractivity contribution in [1.29, 1.82) is 5.26 Å². The summed E-state index contributed by atoms with van der Waals surface area (Å²) < 4.78 is 0. The lowest BCUT2D eigenvalue weighted by molar-refractivity contribution is -0.0386. The van der Waals surface area contributed by atoms with Gasteiger partial charge in [-0.3, -0.25) is 0 Å². The molecular weight excluding hydrogens is 206 g/mol. The van der Waals surface area contributed by atoms with E-state index in [1.807, 2.05) is 0 Å². The first-order chi connectivity index (χ1) is 7.26. The maximum absolute atomic E-state index is 8.81. The van der Waals surface area contributed by atoms with Crippen molar-refractivity contribution in [3.05, 3.63) is 0 Å². The van der Waals surface area contributed by atoms with E-state index in [1.165, 1.54) is 32.1 Å². The maximum atomic E-state index is 8.81. The summed E-state index contributed by atoms with van der Waals surface area (Å²) >= 11 is 6.00. The number of rotatable bonds is 2. The fourth-order valence-corrected chi connectivity index (χ4v) is 4.92. The first kappa shape index (κ1) is 9.97. The van der Waals surface area contributed by atoms with Crippen LogP contribution in [0.4, 0.5) is 0 Å². The van der Waals surface area contributed by atoms with Crippen LogP contribution in [0.5, 0.6) is 0 Å². The predicted octanol–water partition coefficient (Wildman–Crippen LogP) is 3.58. The van der Waals surface area contributed by atoms with Gasteiger partial charge in [-0.1, -0.05) is 0 Å². The highest BCUT2D eigenvalue weighted by Gasteiger charge is 2.48. The van der Waals surface area contributed by atoms with E-state index in [-0.39, 0.29) is 5.38 Å². The Morgan fingerprint density at radius 1 is 1.07 bits per heavy atom. The molecule has 1 unspecified atom stereocenters.